The summed E-state index contributed by atoms with van der Waals surface area (Å²) in [5.41, 5.74) is 1.40. The van der Waals surface area contributed by atoms with Crippen LogP contribution in [0.1, 0.15) is 31.8 Å². The number of hydrogen-bond acceptors (Lipinski definition) is 4. The molecule has 0 saturated carbocycles. The molecule has 3 aromatic carbocycles. The highest BCUT2D eigenvalue weighted by molar-refractivity contribution is 6.14. The fourth-order valence-electron chi connectivity index (χ4n) is 2.68. The molecule has 1 N–H and O–H groups in total. The standard InChI is InChI=1S/C23H18FNO4/c1-15-11-12-17(13-20(15)24)25-21(26)14-29-23(28)19-10-6-5-9-18(19)22(27)16-7-3-2-4-8-16/h2-13H,14H2,1H3,(H,25,26). The first kappa shape index (κ1) is 19.9. The molecule has 5 nitrogen and oxygen atoms in total. The number of hydrogen-bond donors (Lipinski definition) is 1. The van der Waals surface area contributed by atoms with Gasteiger partial charge in [0.15, 0.2) is 12.4 Å². The number of benzene rings is 3. The number of anilines is 1. The predicted molar refractivity (Wildman–Crippen MR) is 106 cm³/mol. The first-order valence-corrected chi connectivity index (χ1v) is 8.87. The second-order valence-electron chi connectivity index (χ2n) is 6.33. The third-order valence-electron chi connectivity index (χ3n) is 4.22. The maximum Gasteiger partial charge on any atom is 0.339 e. The summed E-state index contributed by atoms with van der Waals surface area (Å²) in [5, 5.41) is 2.46. The zero-order chi connectivity index (χ0) is 20.8. The number of carbonyl (C=O) groups excluding carboxylic acids is 3. The van der Waals surface area contributed by atoms with Crippen molar-refractivity contribution in [3.63, 3.8) is 0 Å². The quantitative estimate of drug-likeness (QED) is 0.506. The molecule has 0 bridgehead atoms. The van der Waals surface area contributed by atoms with Crippen molar-refractivity contribution in [3.05, 3.63) is 101 Å². The molecule has 6 heteroatoms. The van der Waals surface area contributed by atoms with Gasteiger partial charge in [-0.05, 0) is 30.7 Å². The minimum absolute atomic E-state index is 0.0653. The Balaban J connectivity index is 1.67. The van der Waals surface area contributed by atoms with Crippen LogP contribution < -0.4 is 5.32 Å². The van der Waals surface area contributed by atoms with Gasteiger partial charge in [0.1, 0.15) is 5.82 Å². The lowest BCUT2D eigenvalue weighted by atomic mass is 9.98. The van der Waals surface area contributed by atoms with E-state index >= 15 is 0 Å². The van der Waals surface area contributed by atoms with Crippen molar-refractivity contribution in [3.8, 4) is 0 Å². The third kappa shape index (κ3) is 4.93. The van der Waals surface area contributed by atoms with E-state index in [1.54, 1.807) is 55.5 Å². The van der Waals surface area contributed by atoms with Crippen LogP contribution in [-0.2, 0) is 9.53 Å². The largest absolute Gasteiger partial charge is 0.452 e. The Bertz CT molecular complexity index is 1060. The summed E-state index contributed by atoms with van der Waals surface area (Å²) in [7, 11) is 0. The Kier molecular flexibility index (Phi) is 6.14. The van der Waals surface area contributed by atoms with Crippen LogP contribution in [0.25, 0.3) is 0 Å². The van der Waals surface area contributed by atoms with Crippen molar-refractivity contribution in [2.75, 3.05) is 11.9 Å². The van der Waals surface area contributed by atoms with E-state index in [0.717, 1.165) is 0 Å². The molecule has 1 amide bonds. The Morgan fingerprint density at radius 2 is 1.55 bits per heavy atom. The van der Waals surface area contributed by atoms with E-state index in [1.807, 2.05) is 0 Å². The molecule has 0 heterocycles. The van der Waals surface area contributed by atoms with E-state index in [4.69, 9.17) is 4.74 Å². The highest BCUT2D eigenvalue weighted by Crippen LogP contribution is 2.16. The van der Waals surface area contributed by atoms with Crippen LogP contribution in [0, 0.1) is 12.7 Å². The van der Waals surface area contributed by atoms with E-state index in [9.17, 15) is 18.8 Å². The molecule has 0 spiro atoms. The summed E-state index contributed by atoms with van der Waals surface area (Å²) in [6.45, 7) is 1.04. The van der Waals surface area contributed by atoms with Crippen LogP contribution in [0.4, 0.5) is 10.1 Å². The summed E-state index contributed by atoms with van der Waals surface area (Å²) >= 11 is 0. The molecule has 0 aromatic heterocycles. The number of ketones is 1. The number of halogens is 1. The summed E-state index contributed by atoms with van der Waals surface area (Å²) in [6.07, 6.45) is 0. The van der Waals surface area contributed by atoms with Crippen LogP contribution in [0.5, 0.6) is 0 Å². The molecule has 0 aliphatic heterocycles. The zero-order valence-electron chi connectivity index (χ0n) is 15.6. The molecular formula is C23H18FNO4. The molecule has 0 aliphatic rings. The van der Waals surface area contributed by atoms with E-state index in [1.165, 1.54) is 24.3 Å². The third-order valence-corrected chi connectivity index (χ3v) is 4.22. The second-order valence-corrected chi connectivity index (χ2v) is 6.33. The number of rotatable bonds is 6. The van der Waals surface area contributed by atoms with Crippen molar-refractivity contribution in [1.82, 2.24) is 0 Å². The van der Waals surface area contributed by atoms with Crippen molar-refractivity contribution in [2.24, 2.45) is 0 Å². The van der Waals surface area contributed by atoms with Gasteiger partial charge in [-0.15, -0.1) is 0 Å². The number of carbonyl (C=O) groups is 3. The molecule has 3 rings (SSSR count). The second kappa shape index (κ2) is 8.93. The number of esters is 1. The SMILES string of the molecule is Cc1ccc(NC(=O)COC(=O)c2ccccc2C(=O)c2ccccc2)cc1F. The number of aryl methyl sites for hydroxylation is 1. The van der Waals surface area contributed by atoms with Crippen molar-refractivity contribution in [2.45, 2.75) is 6.92 Å². The summed E-state index contributed by atoms with van der Waals surface area (Å²) in [6, 6.07) is 19.1. The summed E-state index contributed by atoms with van der Waals surface area (Å²) < 4.78 is 18.6. The highest BCUT2D eigenvalue weighted by Gasteiger charge is 2.19. The average Bonchev–Trinajstić information content (AvgIpc) is 2.74. The Morgan fingerprint density at radius 1 is 0.897 bits per heavy atom. The van der Waals surface area contributed by atoms with Gasteiger partial charge in [0.05, 0.1) is 5.56 Å². The maximum absolute atomic E-state index is 13.6. The summed E-state index contributed by atoms with van der Waals surface area (Å²) in [5.74, 6) is -2.19. The van der Waals surface area contributed by atoms with E-state index in [2.05, 4.69) is 5.32 Å². The van der Waals surface area contributed by atoms with Crippen LogP contribution in [0.3, 0.4) is 0 Å². The van der Waals surface area contributed by atoms with Crippen molar-refractivity contribution in [1.29, 1.82) is 0 Å². The predicted octanol–water partition coefficient (Wildman–Crippen LogP) is 4.16. The molecule has 146 valence electrons. The zero-order valence-corrected chi connectivity index (χ0v) is 15.6. The lowest BCUT2D eigenvalue weighted by Gasteiger charge is -2.10. The number of ether oxygens (including phenoxy) is 1. The van der Waals surface area contributed by atoms with Crippen LogP contribution >= 0.6 is 0 Å². The molecule has 0 unspecified atom stereocenters. The van der Waals surface area contributed by atoms with Crippen molar-refractivity contribution >= 4 is 23.3 Å². The molecule has 0 saturated heterocycles. The van der Waals surface area contributed by atoms with Crippen molar-refractivity contribution < 1.29 is 23.5 Å². The molecule has 0 fully saturated rings. The highest BCUT2D eigenvalue weighted by atomic mass is 19.1. The van der Waals surface area contributed by atoms with Gasteiger partial charge in [-0.1, -0.05) is 54.6 Å². The van der Waals surface area contributed by atoms with Gasteiger partial charge in [0.25, 0.3) is 5.91 Å². The Labute approximate surface area is 167 Å². The van der Waals surface area contributed by atoms with Gasteiger partial charge in [-0.2, -0.15) is 0 Å². The molecule has 0 atom stereocenters. The normalized spacial score (nSPS) is 10.3. The smallest absolute Gasteiger partial charge is 0.339 e. The molecule has 3 aromatic rings. The van der Waals surface area contributed by atoms with Gasteiger partial charge in [0.2, 0.25) is 0 Å². The number of nitrogens with one attached hydrogen (secondary N) is 1. The van der Waals surface area contributed by atoms with Crippen LogP contribution in [0.2, 0.25) is 0 Å². The monoisotopic (exact) mass is 391 g/mol. The van der Waals surface area contributed by atoms with Gasteiger partial charge >= 0.3 is 5.97 Å². The lowest BCUT2D eigenvalue weighted by molar-refractivity contribution is -0.119. The van der Waals surface area contributed by atoms with Gasteiger partial charge in [-0.3, -0.25) is 9.59 Å². The van der Waals surface area contributed by atoms with E-state index < -0.39 is 24.3 Å². The number of amides is 1. The fourth-order valence-corrected chi connectivity index (χ4v) is 2.68. The molecule has 29 heavy (non-hydrogen) atoms. The molecule has 0 aliphatic carbocycles. The Hall–Kier alpha value is -3.80. The topological polar surface area (TPSA) is 72.5 Å². The Morgan fingerprint density at radius 3 is 2.24 bits per heavy atom. The van der Waals surface area contributed by atoms with Crippen LogP contribution in [-0.4, -0.2) is 24.3 Å². The van der Waals surface area contributed by atoms with Crippen LogP contribution in [0.15, 0.2) is 72.8 Å². The molecule has 0 radical (unpaired) electrons. The first-order valence-electron chi connectivity index (χ1n) is 8.87. The minimum atomic E-state index is -0.796. The maximum atomic E-state index is 13.6. The molecular weight excluding hydrogens is 373 g/mol. The van der Waals surface area contributed by atoms with Gasteiger partial charge in [0, 0.05) is 16.8 Å². The summed E-state index contributed by atoms with van der Waals surface area (Å²) in [4.78, 5) is 37.1. The average molecular weight is 391 g/mol. The lowest BCUT2D eigenvalue weighted by Crippen LogP contribution is -2.22. The first-order chi connectivity index (χ1) is 14.0. The van der Waals surface area contributed by atoms with E-state index in [0.29, 0.717) is 11.1 Å². The minimum Gasteiger partial charge on any atom is -0.452 e. The van der Waals surface area contributed by atoms with Gasteiger partial charge in [-0.25, -0.2) is 9.18 Å². The van der Waals surface area contributed by atoms with E-state index in [-0.39, 0.29) is 22.6 Å². The van der Waals surface area contributed by atoms with Gasteiger partial charge < -0.3 is 10.1 Å². The fraction of sp³-hybridized carbons (Fsp3) is 0.0870.